The van der Waals surface area contributed by atoms with Crippen LogP contribution >= 0.6 is 11.3 Å². The summed E-state index contributed by atoms with van der Waals surface area (Å²) in [5.41, 5.74) is 6.13. The first-order valence-electron chi connectivity index (χ1n) is 6.98. The number of phenolic OH excluding ortho intramolecular Hbond substituents is 1. The summed E-state index contributed by atoms with van der Waals surface area (Å²) in [5, 5.41) is 14.1. The summed E-state index contributed by atoms with van der Waals surface area (Å²) in [4.78, 5) is 35.4. The standard InChI is InChI=1S/C16H16N2O5S/c1-8-3-4-12(19)11(7-8)16(22)23-9(2)14(21)18-15-10(13(17)20)5-6-24-15/h3-7,9,19H,1-2H3,(H2,17,20)(H,18,21). The van der Waals surface area contributed by atoms with Gasteiger partial charge in [-0.1, -0.05) is 11.6 Å². The number of ether oxygens (including phenoxy) is 1. The van der Waals surface area contributed by atoms with E-state index >= 15 is 0 Å². The van der Waals surface area contributed by atoms with Crippen LogP contribution in [0.25, 0.3) is 0 Å². The second kappa shape index (κ2) is 7.14. The summed E-state index contributed by atoms with van der Waals surface area (Å²) in [5.74, 6) is -2.33. The lowest BCUT2D eigenvalue weighted by Gasteiger charge is -2.14. The highest BCUT2D eigenvalue weighted by Crippen LogP contribution is 2.23. The van der Waals surface area contributed by atoms with Gasteiger partial charge in [0.1, 0.15) is 16.3 Å². The third kappa shape index (κ3) is 3.90. The van der Waals surface area contributed by atoms with Crippen molar-refractivity contribution in [3.8, 4) is 5.75 Å². The van der Waals surface area contributed by atoms with E-state index in [0.29, 0.717) is 0 Å². The highest BCUT2D eigenvalue weighted by atomic mass is 32.1. The number of benzene rings is 1. The molecule has 0 fully saturated rings. The molecule has 0 saturated heterocycles. The van der Waals surface area contributed by atoms with Gasteiger partial charge in [-0.25, -0.2) is 4.79 Å². The van der Waals surface area contributed by atoms with Crippen molar-refractivity contribution in [2.75, 3.05) is 5.32 Å². The van der Waals surface area contributed by atoms with Crippen molar-refractivity contribution in [1.29, 1.82) is 0 Å². The van der Waals surface area contributed by atoms with Crippen molar-refractivity contribution in [1.82, 2.24) is 0 Å². The molecule has 1 heterocycles. The zero-order chi connectivity index (χ0) is 17.9. The van der Waals surface area contributed by atoms with E-state index in [-0.39, 0.29) is 21.9 Å². The number of carbonyl (C=O) groups is 3. The maximum absolute atomic E-state index is 12.1. The van der Waals surface area contributed by atoms with Crippen molar-refractivity contribution >= 4 is 34.1 Å². The molecule has 0 aliphatic heterocycles. The van der Waals surface area contributed by atoms with Gasteiger partial charge in [-0.2, -0.15) is 0 Å². The quantitative estimate of drug-likeness (QED) is 0.715. The SMILES string of the molecule is Cc1ccc(O)c(C(=O)OC(C)C(=O)Nc2sccc2C(N)=O)c1. The number of amides is 2. The van der Waals surface area contributed by atoms with Gasteiger partial charge in [0, 0.05) is 0 Å². The number of aromatic hydroxyl groups is 1. The van der Waals surface area contributed by atoms with E-state index < -0.39 is 23.9 Å². The average molecular weight is 348 g/mol. The number of thiophene rings is 1. The molecule has 24 heavy (non-hydrogen) atoms. The Bertz CT molecular complexity index is 800. The van der Waals surface area contributed by atoms with E-state index in [2.05, 4.69) is 5.32 Å². The third-order valence-corrected chi connectivity index (χ3v) is 4.02. The van der Waals surface area contributed by atoms with E-state index in [1.807, 2.05) is 0 Å². The zero-order valence-corrected chi connectivity index (χ0v) is 13.8. The molecular weight excluding hydrogens is 332 g/mol. The summed E-state index contributed by atoms with van der Waals surface area (Å²) in [6.45, 7) is 3.14. The molecule has 1 atom stereocenters. The van der Waals surface area contributed by atoms with Crippen molar-refractivity contribution in [2.45, 2.75) is 20.0 Å². The Morgan fingerprint density at radius 1 is 1.25 bits per heavy atom. The number of anilines is 1. The van der Waals surface area contributed by atoms with E-state index in [1.54, 1.807) is 18.4 Å². The van der Waals surface area contributed by atoms with Crippen LogP contribution in [0.15, 0.2) is 29.6 Å². The largest absolute Gasteiger partial charge is 0.507 e. The van der Waals surface area contributed by atoms with Gasteiger partial charge in [-0.3, -0.25) is 9.59 Å². The predicted molar refractivity (Wildman–Crippen MR) is 89.2 cm³/mol. The van der Waals surface area contributed by atoms with E-state index in [4.69, 9.17) is 10.5 Å². The smallest absolute Gasteiger partial charge is 0.342 e. The van der Waals surface area contributed by atoms with Gasteiger partial charge in [0.15, 0.2) is 6.10 Å². The van der Waals surface area contributed by atoms with Gasteiger partial charge in [0.2, 0.25) is 0 Å². The van der Waals surface area contributed by atoms with Gasteiger partial charge < -0.3 is 20.9 Å². The third-order valence-electron chi connectivity index (χ3n) is 3.19. The summed E-state index contributed by atoms with van der Waals surface area (Å²) in [6, 6.07) is 5.97. The molecule has 126 valence electrons. The lowest BCUT2D eigenvalue weighted by atomic mass is 10.1. The number of nitrogens with two attached hydrogens (primary N) is 1. The van der Waals surface area contributed by atoms with Crippen LogP contribution in [0.5, 0.6) is 5.75 Å². The summed E-state index contributed by atoms with van der Waals surface area (Å²) in [6.07, 6.45) is -1.12. The molecule has 0 radical (unpaired) electrons. The average Bonchev–Trinajstić information content (AvgIpc) is 2.97. The summed E-state index contributed by atoms with van der Waals surface area (Å²) < 4.78 is 5.06. The fourth-order valence-electron chi connectivity index (χ4n) is 1.90. The Labute approximate surface area is 142 Å². The fraction of sp³-hybridized carbons (Fsp3) is 0.188. The van der Waals surface area contributed by atoms with E-state index in [1.165, 1.54) is 25.1 Å². The summed E-state index contributed by atoms with van der Waals surface area (Å²) >= 11 is 1.13. The van der Waals surface area contributed by atoms with Crippen LogP contribution in [0.4, 0.5) is 5.00 Å². The van der Waals surface area contributed by atoms with Crippen LogP contribution in [-0.4, -0.2) is 29.0 Å². The van der Waals surface area contributed by atoms with Gasteiger partial charge in [-0.05, 0) is 37.4 Å². The number of hydrogen-bond acceptors (Lipinski definition) is 6. The minimum atomic E-state index is -1.12. The van der Waals surface area contributed by atoms with Gasteiger partial charge in [-0.15, -0.1) is 11.3 Å². The van der Waals surface area contributed by atoms with Gasteiger partial charge in [0.25, 0.3) is 11.8 Å². The maximum atomic E-state index is 12.1. The van der Waals surface area contributed by atoms with Crippen LogP contribution in [-0.2, 0) is 9.53 Å². The minimum absolute atomic E-state index is 0.0244. The Balaban J connectivity index is 2.06. The molecule has 0 saturated carbocycles. The monoisotopic (exact) mass is 348 g/mol. The molecular formula is C16H16N2O5S. The molecule has 1 aromatic carbocycles. The van der Waals surface area contributed by atoms with Crippen molar-refractivity contribution in [3.05, 3.63) is 46.3 Å². The fourth-order valence-corrected chi connectivity index (χ4v) is 2.70. The molecule has 2 aromatic rings. The Morgan fingerprint density at radius 3 is 2.62 bits per heavy atom. The Hall–Kier alpha value is -2.87. The lowest BCUT2D eigenvalue weighted by Crippen LogP contribution is -2.30. The van der Waals surface area contributed by atoms with Gasteiger partial charge in [0.05, 0.1) is 5.56 Å². The molecule has 8 heteroatoms. The lowest BCUT2D eigenvalue weighted by molar-refractivity contribution is -0.123. The van der Waals surface area contributed by atoms with Crippen LogP contribution in [0, 0.1) is 6.92 Å². The Morgan fingerprint density at radius 2 is 1.96 bits per heavy atom. The number of carbonyl (C=O) groups excluding carboxylic acids is 3. The number of nitrogens with one attached hydrogen (secondary N) is 1. The van der Waals surface area contributed by atoms with Gasteiger partial charge >= 0.3 is 5.97 Å². The van der Waals surface area contributed by atoms with Crippen molar-refractivity contribution < 1.29 is 24.2 Å². The number of rotatable bonds is 5. The molecule has 0 aliphatic rings. The molecule has 0 bridgehead atoms. The second-order valence-corrected chi connectivity index (χ2v) is 6.00. The van der Waals surface area contributed by atoms with Crippen LogP contribution in [0.3, 0.4) is 0 Å². The number of aryl methyl sites for hydroxylation is 1. The number of phenols is 1. The molecule has 2 amide bonds. The van der Waals surface area contributed by atoms with Crippen LogP contribution in [0.2, 0.25) is 0 Å². The second-order valence-electron chi connectivity index (χ2n) is 5.09. The molecule has 2 rings (SSSR count). The van der Waals surface area contributed by atoms with Crippen molar-refractivity contribution in [2.24, 2.45) is 5.73 Å². The maximum Gasteiger partial charge on any atom is 0.342 e. The number of esters is 1. The minimum Gasteiger partial charge on any atom is -0.507 e. The molecule has 7 nitrogen and oxygen atoms in total. The molecule has 0 spiro atoms. The first kappa shape index (κ1) is 17.5. The molecule has 1 aromatic heterocycles. The highest BCUT2D eigenvalue weighted by molar-refractivity contribution is 7.14. The number of primary amides is 1. The Kier molecular flexibility index (Phi) is 5.20. The van der Waals surface area contributed by atoms with Crippen molar-refractivity contribution in [3.63, 3.8) is 0 Å². The molecule has 4 N–H and O–H groups in total. The number of hydrogen-bond donors (Lipinski definition) is 3. The summed E-state index contributed by atoms with van der Waals surface area (Å²) in [7, 11) is 0. The first-order chi connectivity index (χ1) is 11.3. The zero-order valence-electron chi connectivity index (χ0n) is 13.0. The predicted octanol–water partition coefficient (Wildman–Crippen LogP) is 2.05. The molecule has 0 aliphatic carbocycles. The normalized spacial score (nSPS) is 11.6. The van der Waals surface area contributed by atoms with Crippen LogP contribution in [0.1, 0.15) is 33.2 Å². The first-order valence-corrected chi connectivity index (χ1v) is 7.86. The topological polar surface area (TPSA) is 119 Å². The molecule has 1 unspecified atom stereocenters. The van der Waals surface area contributed by atoms with E-state index in [0.717, 1.165) is 16.9 Å². The highest BCUT2D eigenvalue weighted by Gasteiger charge is 2.22. The van der Waals surface area contributed by atoms with E-state index in [9.17, 15) is 19.5 Å². The van der Waals surface area contributed by atoms with Crippen LogP contribution < -0.4 is 11.1 Å².